The number of hydrogen-bond donors (Lipinski definition) is 3. The summed E-state index contributed by atoms with van der Waals surface area (Å²) in [5.41, 5.74) is 0. The van der Waals surface area contributed by atoms with Crippen LogP contribution in [0.25, 0.3) is 0 Å². The van der Waals surface area contributed by atoms with Crippen LogP contribution in [0.2, 0.25) is 0 Å². The van der Waals surface area contributed by atoms with Gasteiger partial charge in [-0.05, 0) is 20.8 Å². The van der Waals surface area contributed by atoms with Crippen LogP contribution in [-0.4, -0.2) is 183 Å². The smallest absolute Gasteiger partial charge is 0.187 e. The van der Waals surface area contributed by atoms with Gasteiger partial charge in [-0.25, -0.2) is 0 Å². The van der Waals surface area contributed by atoms with E-state index in [2.05, 4.69) is 0 Å². The third kappa shape index (κ3) is 9.08. The first-order chi connectivity index (χ1) is 21.8. The van der Waals surface area contributed by atoms with Crippen molar-refractivity contribution in [3.63, 3.8) is 0 Å². The van der Waals surface area contributed by atoms with Crippen LogP contribution >= 0.6 is 0 Å². The van der Waals surface area contributed by atoms with Gasteiger partial charge in [-0.3, -0.25) is 0 Å². The van der Waals surface area contributed by atoms with Crippen molar-refractivity contribution in [1.82, 2.24) is 0 Å². The molecular formula is C29H54O16. The number of ether oxygens (including phenoxy) is 13. The Balaban J connectivity index is 1.92. The average Bonchev–Trinajstić information content (AvgIpc) is 3.04. The largest absolute Gasteiger partial charge is 0.394 e. The summed E-state index contributed by atoms with van der Waals surface area (Å²) in [5.74, 6) is 0. The van der Waals surface area contributed by atoms with E-state index in [1.165, 1.54) is 35.5 Å². The van der Waals surface area contributed by atoms with Crippen LogP contribution in [0, 0.1) is 0 Å². The molecule has 0 aromatic carbocycles. The van der Waals surface area contributed by atoms with E-state index >= 15 is 0 Å². The molecule has 3 heterocycles. The van der Waals surface area contributed by atoms with Crippen molar-refractivity contribution in [2.24, 2.45) is 0 Å². The van der Waals surface area contributed by atoms with Gasteiger partial charge in [0.05, 0.1) is 19.8 Å². The molecule has 16 nitrogen and oxygen atoms in total. The van der Waals surface area contributed by atoms with E-state index in [-0.39, 0.29) is 13.2 Å². The van der Waals surface area contributed by atoms with Crippen molar-refractivity contribution in [2.75, 3.05) is 75.2 Å². The van der Waals surface area contributed by atoms with Crippen LogP contribution in [0.1, 0.15) is 20.8 Å². The zero-order valence-corrected chi connectivity index (χ0v) is 27.6. The number of hydrogen-bond acceptors (Lipinski definition) is 16. The first kappa shape index (κ1) is 38.8. The van der Waals surface area contributed by atoms with Gasteiger partial charge in [0, 0.05) is 55.4 Å². The van der Waals surface area contributed by atoms with Gasteiger partial charge in [-0.1, -0.05) is 0 Å². The van der Waals surface area contributed by atoms with Gasteiger partial charge in [0.1, 0.15) is 73.2 Å². The fourth-order valence-corrected chi connectivity index (χ4v) is 6.08. The van der Waals surface area contributed by atoms with E-state index in [0.717, 1.165) is 0 Å². The van der Waals surface area contributed by atoms with Gasteiger partial charge in [-0.2, -0.15) is 0 Å². The highest BCUT2D eigenvalue weighted by Crippen LogP contribution is 2.36. The Morgan fingerprint density at radius 1 is 0.511 bits per heavy atom. The molecule has 0 amide bonds. The molecule has 0 bridgehead atoms. The highest BCUT2D eigenvalue weighted by atomic mass is 16.8. The number of methoxy groups -OCH3 is 5. The predicted molar refractivity (Wildman–Crippen MR) is 153 cm³/mol. The lowest BCUT2D eigenvalue weighted by molar-refractivity contribution is -0.385. The molecule has 266 valence electrons. The Hall–Kier alpha value is -0.640. The normalized spacial score (nSPS) is 42.6. The molecule has 0 spiro atoms. The summed E-state index contributed by atoms with van der Waals surface area (Å²) in [7, 11) is 7.33. The van der Waals surface area contributed by atoms with Crippen molar-refractivity contribution >= 4 is 0 Å². The molecule has 3 rings (SSSR count). The van der Waals surface area contributed by atoms with Crippen molar-refractivity contribution < 1.29 is 76.9 Å². The van der Waals surface area contributed by atoms with Gasteiger partial charge < -0.3 is 76.9 Å². The second-order valence-electron chi connectivity index (χ2n) is 10.8. The van der Waals surface area contributed by atoms with Crippen LogP contribution in [0.4, 0.5) is 0 Å². The molecule has 3 saturated heterocycles. The van der Waals surface area contributed by atoms with Gasteiger partial charge >= 0.3 is 0 Å². The summed E-state index contributed by atoms with van der Waals surface area (Å²) < 4.78 is 77.4. The lowest BCUT2D eigenvalue weighted by Crippen LogP contribution is -2.67. The second kappa shape index (κ2) is 19.4. The Bertz CT molecular complexity index is 808. The molecule has 45 heavy (non-hydrogen) atoms. The number of aliphatic hydroxyl groups excluding tert-OH is 3. The van der Waals surface area contributed by atoms with Crippen molar-refractivity contribution in [1.29, 1.82) is 0 Å². The van der Waals surface area contributed by atoms with Crippen LogP contribution < -0.4 is 0 Å². The van der Waals surface area contributed by atoms with E-state index < -0.39 is 98.7 Å². The standard InChI is InChI=1S/C29H54O16/c1-9-38-14-17-22(24(39-10-2)26(40-11-3)28(37-8)42-17)45-29-25(36-7)23(35-6)21(16(43-29)13-33-4)44-27-19(32)18(31)20(34-5)15(12-30)41-27/h15-32H,9-14H2,1-8H3. The lowest BCUT2D eigenvalue weighted by Gasteiger charge is -2.50. The zero-order valence-electron chi connectivity index (χ0n) is 27.6. The molecule has 0 radical (unpaired) electrons. The fraction of sp³-hybridized carbons (Fsp3) is 1.00. The molecule has 0 aromatic heterocycles. The summed E-state index contributed by atoms with van der Waals surface area (Å²) in [6, 6.07) is 0. The van der Waals surface area contributed by atoms with Gasteiger partial charge in [-0.15, -0.1) is 0 Å². The minimum atomic E-state index is -1.51. The molecule has 3 N–H and O–H groups in total. The molecular weight excluding hydrogens is 604 g/mol. The van der Waals surface area contributed by atoms with Crippen molar-refractivity contribution in [2.45, 2.75) is 113 Å². The molecule has 3 aliphatic rings. The molecule has 0 saturated carbocycles. The van der Waals surface area contributed by atoms with E-state index in [9.17, 15) is 15.3 Å². The van der Waals surface area contributed by atoms with E-state index in [0.29, 0.717) is 19.8 Å². The van der Waals surface area contributed by atoms with Gasteiger partial charge in [0.25, 0.3) is 0 Å². The van der Waals surface area contributed by atoms with Crippen molar-refractivity contribution in [3.8, 4) is 0 Å². The van der Waals surface area contributed by atoms with Crippen LogP contribution in [0.15, 0.2) is 0 Å². The third-order valence-electron chi connectivity index (χ3n) is 8.17. The highest BCUT2D eigenvalue weighted by molar-refractivity contribution is 4.98. The molecule has 15 unspecified atom stereocenters. The lowest BCUT2D eigenvalue weighted by atomic mass is 9.95. The molecule has 16 heteroatoms. The minimum absolute atomic E-state index is 0.0298. The monoisotopic (exact) mass is 658 g/mol. The summed E-state index contributed by atoms with van der Waals surface area (Å²) in [6.45, 7) is 6.55. The summed E-state index contributed by atoms with van der Waals surface area (Å²) in [5, 5.41) is 31.4. The summed E-state index contributed by atoms with van der Waals surface area (Å²) in [6.07, 6.45) is -14.1. The fourth-order valence-electron chi connectivity index (χ4n) is 6.08. The first-order valence-corrected chi connectivity index (χ1v) is 15.4. The maximum atomic E-state index is 10.8. The molecule has 3 fully saturated rings. The SMILES string of the molecule is CCOCC1OC(OC)C(OCC)C(OCC)C1OC1OC(COC)C(OC2OC(CO)C(OC)C(O)C2O)C(OC)C1OC. The Morgan fingerprint density at radius 2 is 1.07 bits per heavy atom. The Labute approximate surface area is 265 Å². The zero-order chi connectivity index (χ0) is 33.1. The van der Waals surface area contributed by atoms with Gasteiger partial charge in [0.15, 0.2) is 18.9 Å². The summed E-state index contributed by atoms with van der Waals surface area (Å²) in [4.78, 5) is 0. The predicted octanol–water partition coefficient (Wildman–Crippen LogP) is -1.17. The maximum absolute atomic E-state index is 10.8. The van der Waals surface area contributed by atoms with Crippen molar-refractivity contribution in [3.05, 3.63) is 0 Å². The number of aliphatic hydroxyl groups is 3. The molecule has 0 aromatic rings. The van der Waals surface area contributed by atoms with Crippen LogP contribution in [0.3, 0.4) is 0 Å². The van der Waals surface area contributed by atoms with E-state index in [4.69, 9.17) is 61.6 Å². The maximum Gasteiger partial charge on any atom is 0.187 e. The second-order valence-corrected chi connectivity index (χ2v) is 10.8. The third-order valence-corrected chi connectivity index (χ3v) is 8.17. The molecule has 0 aliphatic carbocycles. The Morgan fingerprint density at radius 3 is 1.62 bits per heavy atom. The number of rotatable bonds is 18. The van der Waals surface area contributed by atoms with Gasteiger partial charge in [0.2, 0.25) is 0 Å². The Kier molecular flexibility index (Phi) is 16.7. The summed E-state index contributed by atoms with van der Waals surface area (Å²) >= 11 is 0. The molecule has 3 aliphatic heterocycles. The van der Waals surface area contributed by atoms with E-state index in [1.54, 1.807) is 0 Å². The highest BCUT2D eigenvalue weighted by Gasteiger charge is 2.55. The first-order valence-electron chi connectivity index (χ1n) is 15.4. The molecule has 15 atom stereocenters. The van der Waals surface area contributed by atoms with E-state index in [1.807, 2.05) is 20.8 Å². The average molecular weight is 659 g/mol. The van der Waals surface area contributed by atoms with Crippen LogP contribution in [-0.2, 0) is 61.6 Å². The minimum Gasteiger partial charge on any atom is -0.394 e. The quantitative estimate of drug-likeness (QED) is 0.160. The van der Waals surface area contributed by atoms with Crippen LogP contribution in [0.5, 0.6) is 0 Å². The topological polar surface area (TPSA) is 181 Å².